The van der Waals surface area contributed by atoms with Crippen LogP contribution in [-0.2, 0) is 24.6 Å². The van der Waals surface area contributed by atoms with Crippen LogP contribution in [0.25, 0.3) is 0 Å². The highest BCUT2D eigenvalue weighted by Crippen LogP contribution is 2.29. The first-order valence-corrected chi connectivity index (χ1v) is 11.9. The van der Waals surface area contributed by atoms with Gasteiger partial charge in [0.1, 0.15) is 0 Å². The Morgan fingerprint density at radius 1 is 1.24 bits per heavy atom. The maximum atomic E-state index is 13.3. The second kappa shape index (κ2) is 6.98. The van der Waals surface area contributed by atoms with Crippen LogP contribution in [0.2, 0.25) is 0 Å². The standard InChI is InChI=1S/C17H25NO5S2/c1-13-5-6-17(14(2)10-13)25(21,22)18(11-16-4-3-8-23-16)15-7-9-24(19,20)12-15/h5-6,10,15-16H,3-4,7-9,11-12H2,1-2H3/t15-,16-/m1/s1. The highest BCUT2D eigenvalue weighted by molar-refractivity contribution is 7.92. The second-order valence-corrected chi connectivity index (χ2v) is 11.1. The van der Waals surface area contributed by atoms with Gasteiger partial charge in [-0.3, -0.25) is 0 Å². The van der Waals surface area contributed by atoms with Crippen molar-refractivity contribution < 1.29 is 21.6 Å². The molecule has 2 fully saturated rings. The summed E-state index contributed by atoms with van der Waals surface area (Å²) in [7, 11) is -6.96. The van der Waals surface area contributed by atoms with Crippen LogP contribution in [0.5, 0.6) is 0 Å². The van der Waals surface area contributed by atoms with Crippen molar-refractivity contribution >= 4 is 19.9 Å². The minimum atomic E-state index is -3.78. The number of ether oxygens (including phenoxy) is 1. The smallest absolute Gasteiger partial charge is 0.243 e. The van der Waals surface area contributed by atoms with Crippen LogP contribution in [-0.4, -0.2) is 57.9 Å². The molecule has 0 unspecified atom stereocenters. The van der Waals surface area contributed by atoms with Gasteiger partial charge in [-0.1, -0.05) is 17.7 Å². The first-order chi connectivity index (χ1) is 11.7. The number of hydrogen-bond donors (Lipinski definition) is 0. The van der Waals surface area contributed by atoms with Gasteiger partial charge in [0.15, 0.2) is 9.84 Å². The summed E-state index contributed by atoms with van der Waals surface area (Å²) in [5, 5.41) is 0. The van der Waals surface area contributed by atoms with E-state index in [0.29, 0.717) is 18.6 Å². The number of benzene rings is 1. The molecular formula is C17H25NO5S2. The predicted molar refractivity (Wildman–Crippen MR) is 95.8 cm³/mol. The fraction of sp³-hybridized carbons (Fsp3) is 0.647. The maximum Gasteiger partial charge on any atom is 0.243 e. The van der Waals surface area contributed by atoms with E-state index in [1.165, 1.54) is 4.31 Å². The zero-order valence-electron chi connectivity index (χ0n) is 14.6. The molecule has 2 aliphatic rings. The number of sulfone groups is 1. The Labute approximate surface area is 150 Å². The summed E-state index contributed by atoms with van der Waals surface area (Å²) in [6, 6.07) is 4.71. The zero-order chi connectivity index (χ0) is 18.2. The third kappa shape index (κ3) is 4.07. The summed E-state index contributed by atoms with van der Waals surface area (Å²) < 4.78 is 57.5. The summed E-state index contributed by atoms with van der Waals surface area (Å²) in [6.07, 6.45) is 1.90. The molecular weight excluding hydrogens is 362 g/mol. The first kappa shape index (κ1) is 18.8. The molecule has 2 aliphatic heterocycles. The van der Waals surface area contributed by atoms with Gasteiger partial charge in [0.05, 0.1) is 22.5 Å². The molecule has 0 aliphatic carbocycles. The molecule has 8 heteroatoms. The third-order valence-corrected chi connectivity index (χ3v) is 8.77. The van der Waals surface area contributed by atoms with E-state index in [-0.39, 0.29) is 29.0 Å². The van der Waals surface area contributed by atoms with E-state index >= 15 is 0 Å². The van der Waals surface area contributed by atoms with Gasteiger partial charge < -0.3 is 4.74 Å². The Kier molecular flexibility index (Phi) is 5.26. The largest absolute Gasteiger partial charge is 0.377 e. The van der Waals surface area contributed by atoms with Crippen molar-refractivity contribution in [1.82, 2.24) is 4.31 Å². The van der Waals surface area contributed by atoms with E-state index in [1.54, 1.807) is 19.1 Å². The van der Waals surface area contributed by atoms with Crippen LogP contribution in [0.15, 0.2) is 23.1 Å². The normalized spacial score (nSPS) is 26.4. The van der Waals surface area contributed by atoms with Gasteiger partial charge >= 0.3 is 0 Å². The van der Waals surface area contributed by atoms with Crippen LogP contribution in [0.1, 0.15) is 30.4 Å². The van der Waals surface area contributed by atoms with Crippen LogP contribution >= 0.6 is 0 Å². The number of rotatable bonds is 5. The van der Waals surface area contributed by atoms with Crippen LogP contribution in [0.4, 0.5) is 0 Å². The van der Waals surface area contributed by atoms with Crippen molar-refractivity contribution in [3.05, 3.63) is 29.3 Å². The van der Waals surface area contributed by atoms with Crippen molar-refractivity contribution in [1.29, 1.82) is 0 Å². The highest BCUT2D eigenvalue weighted by Gasteiger charge is 2.40. The number of aryl methyl sites for hydroxylation is 2. The molecule has 6 nitrogen and oxygen atoms in total. The monoisotopic (exact) mass is 387 g/mol. The van der Waals surface area contributed by atoms with Crippen molar-refractivity contribution in [2.45, 2.75) is 50.2 Å². The lowest BCUT2D eigenvalue weighted by molar-refractivity contribution is 0.0877. The van der Waals surface area contributed by atoms with Gasteiger partial charge in [0, 0.05) is 19.2 Å². The van der Waals surface area contributed by atoms with Crippen molar-refractivity contribution in [2.75, 3.05) is 24.7 Å². The molecule has 1 aromatic rings. The molecule has 0 bridgehead atoms. The molecule has 2 atom stereocenters. The molecule has 0 N–H and O–H groups in total. The lowest BCUT2D eigenvalue weighted by Gasteiger charge is -2.30. The van der Waals surface area contributed by atoms with Gasteiger partial charge in [-0.15, -0.1) is 0 Å². The van der Waals surface area contributed by atoms with E-state index in [0.717, 1.165) is 18.4 Å². The summed E-state index contributed by atoms with van der Waals surface area (Å²) in [4.78, 5) is 0.250. The van der Waals surface area contributed by atoms with Gasteiger partial charge in [0.2, 0.25) is 10.0 Å². The summed E-state index contributed by atoms with van der Waals surface area (Å²) >= 11 is 0. The second-order valence-electron chi connectivity index (χ2n) is 7.04. The summed E-state index contributed by atoms with van der Waals surface area (Å²) in [6.45, 7) is 4.54. The first-order valence-electron chi connectivity index (χ1n) is 8.60. The van der Waals surface area contributed by atoms with E-state index in [2.05, 4.69) is 0 Å². The van der Waals surface area contributed by atoms with E-state index < -0.39 is 25.9 Å². The minimum Gasteiger partial charge on any atom is -0.377 e. The van der Waals surface area contributed by atoms with Crippen molar-refractivity contribution in [3.63, 3.8) is 0 Å². The Morgan fingerprint density at radius 3 is 2.56 bits per heavy atom. The lowest BCUT2D eigenvalue weighted by atomic mass is 10.2. The number of sulfonamides is 1. The minimum absolute atomic E-state index is 0.0437. The average molecular weight is 388 g/mol. The molecule has 0 saturated carbocycles. The number of hydrogen-bond acceptors (Lipinski definition) is 5. The van der Waals surface area contributed by atoms with Crippen LogP contribution in [0, 0.1) is 13.8 Å². The Balaban J connectivity index is 1.97. The molecule has 3 rings (SSSR count). The topological polar surface area (TPSA) is 80.8 Å². The van der Waals surface area contributed by atoms with Crippen molar-refractivity contribution in [3.8, 4) is 0 Å². The van der Waals surface area contributed by atoms with E-state index in [4.69, 9.17) is 4.74 Å². The van der Waals surface area contributed by atoms with Crippen LogP contribution in [0.3, 0.4) is 0 Å². The fourth-order valence-corrected chi connectivity index (χ4v) is 7.37. The summed E-state index contributed by atoms with van der Waals surface area (Å²) in [5.41, 5.74) is 1.67. The molecule has 2 heterocycles. The SMILES string of the molecule is Cc1ccc(S(=O)(=O)N(C[C@H]2CCCO2)[C@@H]2CCS(=O)(=O)C2)c(C)c1. The van der Waals surface area contributed by atoms with Gasteiger partial charge in [-0.2, -0.15) is 4.31 Å². The Bertz CT molecular complexity index is 842. The maximum absolute atomic E-state index is 13.3. The van der Waals surface area contributed by atoms with Gasteiger partial charge in [-0.05, 0) is 44.7 Å². The Morgan fingerprint density at radius 2 is 2.00 bits per heavy atom. The summed E-state index contributed by atoms with van der Waals surface area (Å²) in [5.74, 6) is -0.0635. The van der Waals surface area contributed by atoms with Crippen LogP contribution < -0.4 is 0 Å². The van der Waals surface area contributed by atoms with Crippen molar-refractivity contribution in [2.24, 2.45) is 0 Å². The molecule has 140 valence electrons. The molecule has 2 saturated heterocycles. The fourth-order valence-electron chi connectivity index (χ4n) is 3.65. The molecule has 0 amide bonds. The average Bonchev–Trinajstić information content (AvgIpc) is 3.13. The predicted octanol–water partition coefficient (Wildman–Crippen LogP) is 1.66. The number of nitrogens with zero attached hydrogens (tertiary/aromatic N) is 1. The molecule has 0 radical (unpaired) electrons. The van der Waals surface area contributed by atoms with Gasteiger partial charge in [0.25, 0.3) is 0 Å². The Hall–Kier alpha value is -0.960. The van der Waals surface area contributed by atoms with E-state index in [9.17, 15) is 16.8 Å². The van der Waals surface area contributed by atoms with Gasteiger partial charge in [-0.25, -0.2) is 16.8 Å². The quantitative estimate of drug-likeness (QED) is 0.768. The lowest BCUT2D eigenvalue weighted by Crippen LogP contribution is -2.45. The molecule has 0 spiro atoms. The van der Waals surface area contributed by atoms with E-state index in [1.807, 2.05) is 13.0 Å². The highest BCUT2D eigenvalue weighted by atomic mass is 32.2. The third-order valence-electron chi connectivity index (χ3n) is 4.94. The molecule has 1 aromatic carbocycles. The molecule has 0 aromatic heterocycles. The molecule has 25 heavy (non-hydrogen) atoms. The zero-order valence-corrected chi connectivity index (χ0v) is 16.3.